The largest absolute Gasteiger partial charge is 0.207 e. The maximum Gasteiger partial charge on any atom is 0.129 e. The van der Waals surface area contributed by atoms with Crippen molar-refractivity contribution in [3.63, 3.8) is 0 Å². The van der Waals surface area contributed by atoms with E-state index in [0.29, 0.717) is 12.0 Å². The van der Waals surface area contributed by atoms with Gasteiger partial charge in [0.25, 0.3) is 0 Å². The zero-order chi connectivity index (χ0) is 14.0. The Hall–Kier alpha value is -0.740. The summed E-state index contributed by atoms with van der Waals surface area (Å²) in [4.78, 5) is -0.0262. The molecule has 0 saturated carbocycles. The molecule has 19 heavy (non-hydrogen) atoms. The molecular formula is C15H12Br2F2. The van der Waals surface area contributed by atoms with E-state index < -0.39 is 11.6 Å². The first kappa shape index (κ1) is 14.7. The molecule has 0 radical (unpaired) electrons. The smallest absolute Gasteiger partial charge is 0.129 e. The molecule has 0 aliphatic carbocycles. The third-order valence-corrected chi connectivity index (χ3v) is 4.44. The first-order chi connectivity index (χ1) is 8.97. The number of hydrogen-bond donors (Lipinski definition) is 0. The average Bonchev–Trinajstić information content (AvgIpc) is 2.35. The Morgan fingerprint density at radius 3 is 2.53 bits per heavy atom. The van der Waals surface area contributed by atoms with E-state index in [1.807, 2.05) is 25.1 Å². The van der Waals surface area contributed by atoms with Crippen LogP contribution in [0.4, 0.5) is 8.78 Å². The van der Waals surface area contributed by atoms with Crippen molar-refractivity contribution < 1.29 is 8.78 Å². The summed E-state index contributed by atoms with van der Waals surface area (Å²) in [6, 6.07) is 9.71. The molecule has 4 heteroatoms. The Bertz CT molecular complexity index is 597. The normalized spacial score (nSPS) is 12.5. The maximum absolute atomic E-state index is 13.6. The molecule has 0 spiro atoms. The van der Waals surface area contributed by atoms with Gasteiger partial charge in [-0.1, -0.05) is 55.6 Å². The van der Waals surface area contributed by atoms with Crippen molar-refractivity contribution >= 4 is 31.9 Å². The van der Waals surface area contributed by atoms with E-state index in [9.17, 15) is 8.78 Å². The standard InChI is InChI=1S/C15H12Br2F2/c1-9-2-5-13(16)12(6-9)14(17)7-10-3-4-11(18)8-15(10)19/h2-6,8,14H,7H2,1H3. The van der Waals surface area contributed by atoms with E-state index in [1.165, 1.54) is 12.1 Å². The van der Waals surface area contributed by atoms with Crippen LogP contribution in [0.25, 0.3) is 0 Å². The summed E-state index contributed by atoms with van der Waals surface area (Å²) in [7, 11) is 0. The van der Waals surface area contributed by atoms with Crippen molar-refractivity contribution in [2.45, 2.75) is 18.2 Å². The fourth-order valence-electron chi connectivity index (χ4n) is 1.89. The highest BCUT2D eigenvalue weighted by molar-refractivity contribution is 9.11. The lowest BCUT2D eigenvalue weighted by molar-refractivity contribution is 0.571. The summed E-state index contributed by atoms with van der Waals surface area (Å²) >= 11 is 7.06. The molecular weight excluding hydrogens is 378 g/mol. The molecule has 0 fully saturated rings. The summed E-state index contributed by atoms with van der Waals surface area (Å²) in [5.74, 6) is -1.06. The topological polar surface area (TPSA) is 0 Å². The van der Waals surface area contributed by atoms with E-state index in [2.05, 4.69) is 31.9 Å². The van der Waals surface area contributed by atoms with E-state index in [-0.39, 0.29) is 4.83 Å². The highest BCUT2D eigenvalue weighted by atomic mass is 79.9. The monoisotopic (exact) mass is 388 g/mol. The van der Waals surface area contributed by atoms with Gasteiger partial charge in [-0.15, -0.1) is 0 Å². The Morgan fingerprint density at radius 1 is 1.11 bits per heavy atom. The minimum Gasteiger partial charge on any atom is -0.207 e. The Kier molecular flexibility index (Phi) is 4.74. The minimum absolute atomic E-state index is 0.0262. The first-order valence-electron chi connectivity index (χ1n) is 5.81. The lowest BCUT2D eigenvalue weighted by Gasteiger charge is -2.14. The van der Waals surface area contributed by atoms with E-state index in [4.69, 9.17) is 0 Å². The van der Waals surface area contributed by atoms with Crippen molar-refractivity contribution in [2.75, 3.05) is 0 Å². The van der Waals surface area contributed by atoms with Gasteiger partial charge in [0.2, 0.25) is 0 Å². The second kappa shape index (κ2) is 6.14. The van der Waals surface area contributed by atoms with Crippen LogP contribution in [0.2, 0.25) is 0 Å². The van der Waals surface area contributed by atoms with Crippen LogP contribution in [0.5, 0.6) is 0 Å². The van der Waals surface area contributed by atoms with Gasteiger partial charge in [-0.2, -0.15) is 0 Å². The van der Waals surface area contributed by atoms with Gasteiger partial charge >= 0.3 is 0 Å². The van der Waals surface area contributed by atoms with Crippen LogP contribution >= 0.6 is 31.9 Å². The lowest BCUT2D eigenvalue weighted by atomic mass is 10.0. The molecule has 2 rings (SSSR count). The van der Waals surface area contributed by atoms with Crippen molar-refractivity contribution in [2.24, 2.45) is 0 Å². The first-order valence-corrected chi connectivity index (χ1v) is 7.52. The molecule has 2 aromatic carbocycles. The van der Waals surface area contributed by atoms with Gasteiger partial charge in [0.05, 0.1) is 0 Å². The van der Waals surface area contributed by atoms with Gasteiger partial charge in [-0.25, -0.2) is 8.78 Å². The number of alkyl halides is 1. The summed E-state index contributed by atoms with van der Waals surface area (Å²) < 4.78 is 27.5. The second-order valence-corrected chi connectivity index (χ2v) is 6.39. The number of benzene rings is 2. The maximum atomic E-state index is 13.6. The number of halogens is 4. The quantitative estimate of drug-likeness (QED) is 0.589. The summed E-state index contributed by atoms with van der Waals surface area (Å²) in [5, 5.41) is 0. The van der Waals surface area contributed by atoms with Crippen LogP contribution in [-0.4, -0.2) is 0 Å². The molecule has 2 aromatic rings. The molecule has 0 aliphatic rings. The van der Waals surface area contributed by atoms with Crippen LogP contribution in [0.3, 0.4) is 0 Å². The number of hydrogen-bond acceptors (Lipinski definition) is 0. The van der Waals surface area contributed by atoms with Crippen LogP contribution < -0.4 is 0 Å². The van der Waals surface area contributed by atoms with Gasteiger partial charge in [0.15, 0.2) is 0 Å². The molecule has 0 aliphatic heterocycles. The fraction of sp³-hybridized carbons (Fsp3) is 0.200. The number of aryl methyl sites for hydroxylation is 1. The summed E-state index contributed by atoms with van der Waals surface area (Å²) in [5.41, 5.74) is 2.70. The molecule has 0 amide bonds. The van der Waals surface area contributed by atoms with Crippen LogP contribution in [-0.2, 0) is 6.42 Å². The van der Waals surface area contributed by atoms with E-state index in [1.54, 1.807) is 0 Å². The van der Waals surface area contributed by atoms with E-state index >= 15 is 0 Å². The molecule has 0 saturated heterocycles. The van der Waals surface area contributed by atoms with Crippen LogP contribution in [0.1, 0.15) is 21.5 Å². The van der Waals surface area contributed by atoms with Gasteiger partial charge < -0.3 is 0 Å². The van der Waals surface area contributed by atoms with Gasteiger partial charge in [-0.05, 0) is 36.6 Å². The zero-order valence-electron chi connectivity index (χ0n) is 10.3. The summed E-state index contributed by atoms with van der Waals surface area (Å²) in [6.07, 6.45) is 0.466. The van der Waals surface area contributed by atoms with Crippen LogP contribution in [0, 0.1) is 18.6 Å². The van der Waals surface area contributed by atoms with Crippen molar-refractivity contribution in [1.82, 2.24) is 0 Å². The van der Waals surface area contributed by atoms with Crippen molar-refractivity contribution in [3.8, 4) is 0 Å². The van der Waals surface area contributed by atoms with Crippen molar-refractivity contribution in [3.05, 3.63) is 69.2 Å². The highest BCUT2D eigenvalue weighted by Crippen LogP contribution is 2.33. The molecule has 0 heterocycles. The fourth-order valence-corrected chi connectivity index (χ4v) is 3.45. The van der Waals surface area contributed by atoms with Gasteiger partial charge in [0, 0.05) is 15.4 Å². The predicted molar refractivity (Wildman–Crippen MR) is 80.6 cm³/mol. The summed E-state index contributed by atoms with van der Waals surface area (Å²) in [6.45, 7) is 2.01. The molecule has 1 unspecified atom stereocenters. The molecule has 100 valence electrons. The van der Waals surface area contributed by atoms with Gasteiger partial charge in [-0.3, -0.25) is 0 Å². The molecule has 1 atom stereocenters. The van der Waals surface area contributed by atoms with Gasteiger partial charge in [0.1, 0.15) is 11.6 Å². The molecule has 0 bridgehead atoms. The third-order valence-electron chi connectivity index (χ3n) is 2.90. The molecule has 0 aromatic heterocycles. The minimum atomic E-state index is -0.552. The molecule has 0 nitrogen and oxygen atoms in total. The Balaban J connectivity index is 2.25. The Labute approximate surface area is 128 Å². The van der Waals surface area contributed by atoms with Crippen molar-refractivity contribution in [1.29, 1.82) is 0 Å². The molecule has 0 N–H and O–H groups in total. The number of rotatable bonds is 3. The Morgan fingerprint density at radius 2 is 1.84 bits per heavy atom. The average molecular weight is 390 g/mol. The zero-order valence-corrected chi connectivity index (χ0v) is 13.4. The predicted octanol–water partition coefficient (Wildman–Crippen LogP) is 5.71. The third kappa shape index (κ3) is 3.63. The second-order valence-electron chi connectivity index (χ2n) is 4.43. The highest BCUT2D eigenvalue weighted by Gasteiger charge is 2.14. The SMILES string of the molecule is Cc1ccc(Br)c(C(Br)Cc2ccc(F)cc2F)c1. The lowest BCUT2D eigenvalue weighted by Crippen LogP contribution is -2.00. The van der Waals surface area contributed by atoms with Crippen LogP contribution in [0.15, 0.2) is 40.9 Å². The van der Waals surface area contributed by atoms with E-state index in [0.717, 1.165) is 21.7 Å².